The van der Waals surface area contributed by atoms with Crippen molar-refractivity contribution in [1.82, 2.24) is 30.6 Å². The van der Waals surface area contributed by atoms with Crippen molar-refractivity contribution >= 4 is 28.9 Å². The van der Waals surface area contributed by atoms with Crippen LogP contribution in [0.4, 0.5) is 13.2 Å². The molecular weight excluding hydrogens is 435 g/mol. The maximum Gasteiger partial charge on any atom is 0.272 e. The van der Waals surface area contributed by atoms with Gasteiger partial charge in [0.1, 0.15) is 23.5 Å². The summed E-state index contributed by atoms with van der Waals surface area (Å²) in [5.74, 6) is -3.85. The first kappa shape index (κ1) is 22.4. The second-order valence-corrected chi connectivity index (χ2v) is 7.90. The Balaban J connectivity index is 1.54. The molecule has 4 N–H and O–H groups in total. The van der Waals surface area contributed by atoms with Crippen LogP contribution in [0.2, 0.25) is 0 Å². The zero-order valence-electron chi connectivity index (χ0n) is 17.8. The molecule has 0 aliphatic heterocycles. The number of allylic oxidation sites excluding steroid dienone is 1. The average molecular weight is 457 g/mol. The lowest BCUT2D eigenvalue weighted by molar-refractivity contribution is 0.00755. The Bertz CT molecular complexity index is 1240. The lowest BCUT2D eigenvalue weighted by Gasteiger charge is -2.09. The summed E-state index contributed by atoms with van der Waals surface area (Å²) in [6.45, 7) is 0.00969. The van der Waals surface area contributed by atoms with E-state index in [4.69, 9.17) is 5.41 Å². The summed E-state index contributed by atoms with van der Waals surface area (Å²) in [6, 6.07) is 4.25. The maximum atomic E-state index is 14.1. The minimum absolute atomic E-state index is 0.00969. The highest BCUT2D eigenvalue weighted by molar-refractivity contribution is 6.08. The number of H-pyrrole nitrogens is 1. The summed E-state index contributed by atoms with van der Waals surface area (Å²) in [5, 5.41) is 13.0. The first-order valence-electron chi connectivity index (χ1n) is 10.3. The van der Waals surface area contributed by atoms with Crippen molar-refractivity contribution in [2.75, 3.05) is 7.05 Å². The molecule has 0 bridgehead atoms. The molecule has 1 unspecified atom stereocenters. The molecule has 1 amide bonds. The van der Waals surface area contributed by atoms with Crippen molar-refractivity contribution < 1.29 is 18.0 Å². The Morgan fingerprint density at radius 3 is 2.85 bits per heavy atom. The third-order valence-electron chi connectivity index (χ3n) is 5.51. The number of halogens is 3. The van der Waals surface area contributed by atoms with E-state index in [0.717, 1.165) is 6.21 Å². The van der Waals surface area contributed by atoms with Crippen molar-refractivity contribution in [1.29, 1.82) is 5.41 Å². The van der Waals surface area contributed by atoms with E-state index < -0.39 is 23.6 Å². The molecule has 2 aromatic heterocycles. The molecule has 4 rings (SSSR count). The van der Waals surface area contributed by atoms with Crippen LogP contribution in [0, 0.1) is 11.2 Å². The van der Waals surface area contributed by atoms with Gasteiger partial charge in [-0.05, 0) is 35.7 Å². The van der Waals surface area contributed by atoms with Crippen LogP contribution in [-0.2, 0) is 6.54 Å². The smallest absolute Gasteiger partial charge is 0.272 e. The Labute approximate surface area is 187 Å². The fourth-order valence-electron chi connectivity index (χ4n) is 3.94. The van der Waals surface area contributed by atoms with Crippen molar-refractivity contribution in [3.05, 3.63) is 59.2 Å². The van der Waals surface area contributed by atoms with E-state index in [1.54, 1.807) is 19.3 Å². The van der Waals surface area contributed by atoms with Crippen molar-refractivity contribution in [2.45, 2.75) is 37.6 Å². The van der Waals surface area contributed by atoms with Gasteiger partial charge in [-0.2, -0.15) is 0 Å². The van der Waals surface area contributed by atoms with E-state index in [-0.39, 0.29) is 36.2 Å². The molecule has 3 aromatic rings. The van der Waals surface area contributed by atoms with Gasteiger partial charge in [0.2, 0.25) is 5.92 Å². The highest BCUT2D eigenvalue weighted by Crippen LogP contribution is 2.43. The normalized spacial score (nSPS) is 17.8. The van der Waals surface area contributed by atoms with Gasteiger partial charge in [0, 0.05) is 50.3 Å². The molecule has 1 aromatic carbocycles. The summed E-state index contributed by atoms with van der Waals surface area (Å²) in [7, 11) is 1.67. The van der Waals surface area contributed by atoms with Crippen LogP contribution in [0.15, 0.2) is 30.7 Å². The third kappa shape index (κ3) is 4.86. The van der Waals surface area contributed by atoms with E-state index in [1.807, 2.05) is 0 Å². The summed E-state index contributed by atoms with van der Waals surface area (Å²) < 4.78 is 41.3. The van der Waals surface area contributed by atoms with Crippen LogP contribution in [0.3, 0.4) is 0 Å². The first-order valence-corrected chi connectivity index (χ1v) is 10.3. The predicted molar refractivity (Wildman–Crippen MR) is 117 cm³/mol. The molecule has 172 valence electrons. The molecule has 8 nitrogen and oxygen atoms in total. The minimum atomic E-state index is -2.72. The van der Waals surface area contributed by atoms with Gasteiger partial charge in [-0.25, -0.2) is 28.1 Å². The molecule has 1 atom stereocenters. The Hall–Kier alpha value is -3.76. The topological polar surface area (TPSA) is 119 Å². The van der Waals surface area contributed by atoms with Gasteiger partial charge in [0.05, 0.1) is 0 Å². The van der Waals surface area contributed by atoms with E-state index in [1.165, 1.54) is 18.5 Å². The number of hydrogen-bond donors (Lipinski definition) is 4. The van der Waals surface area contributed by atoms with Gasteiger partial charge in [0.25, 0.3) is 5.91 Å². The van der Waals surface area contributed by atoms with E-state index in [9.17, 15) is 18.0 Å². The number of aromatic nitrogens is 4. The molecule has 2 heterocycles. The van der Waals surface area contributed by atoms with E-state index >= 15 is 0 Å². The molecule has 0 radical (unpaired) electrons. The molecule has 33 heavy (non-hydrogen) atoms. The standard InChI is InChI=1S/C22H22F3N7O/c1-27-10-15(8-26)14-4-12(5-16(23)6-14)9-28-21(33)18-17-20(30-11-29-18)32-19(31-17)13-2-3-22(24,25)7-13/h4-6,8,10-11,13,26-27H,2-3,7,9H2,1H3,(H,28,33)(H,29,30,31,32)/b15-10+,26-8?. The summed E-state index contributed by atoms with van der Waals surface area (Å²) >= 11 is 0. The van der Waals surface area contributed by atoms with Gasteiger partial charge in [-0.3, -0.25) is 4.79 Å². The third-order valence-corrected chi connectivity index (χ3v) is 5.51. The quantitative estimate of drug-likeness (QED) is 0.405. The highest BCUT2D eigenvalue weighted by Gasteiger charge is 2.41. The number of carbonyl (C=O) groups is 1. The Morgan fingerprint density at radius 2 is 2.15 bits per heavy atom. The van der Waals surface area contributed by atoms with E-state index in [0.29, 0.717) is 28.9 Å². The Kier molecular flexibility index (Phi) is 6.12. The average Bonchev–Trinajstić information content (AvgIpc) is 3.38. The summed E-state index contributed by atoms with van der Waals surface area (Å²) in [4.78, 5) is 28.1. The van der Waals surface area contributed by atoms with E-state index in [2.05, 4.69) is 30.6 Å². The second kappa shape index (κ2) is 9.00. The van der Waals surface area contributed by atoms with Crippen LogP contribution < -0.4 is 10.6 Å². The number of imidazole rings is 1. The minimum Gasteiger partial charge on any atom is -0.393 e. The van der Waals surface area contributed by atoms with Crippen molar-refractivity contribution in [2.24, 2.45) is 0 Å². The van der Waals surface area contributed by atoms with Crippen LogP contribution in [-0.4, -0.2) is 45.0 Å². The zero-order chi connectivity index (χ0) is 23.6. The fourth-order valence-corrected chi connectivity index (χ4v) is 3.94. The van der Waals surface area contributed by atoms with Gasteiger partial charge in [-0.1, -0.05) is 0 Å². The number of amides is 1. The molecule has 1 aliphatic rings. The Morgan fingerprint density at radius 1 is 1.33 bits per heavy atom. The highest BCUT2D eigenvalue weighted by atomic mass is 19.3. The number of nitrogens with one attached hydrogen (secondary N) is 4. The number of carbonyl (C=O) groups excluding carboxylic acids is 1. The maximum absolute atomic E-state index is 14.1. The molecule has 1 saturated carbocycles. The number of rotatable bonds is 7. The van der Waals surface area contributed by atoms with Crippen LogP contribution >= 0.6 is 0 Å². The number of nitrogens with zero attached hydrogens (tertiary/aromatic N) is 3. The van der Waals surface area contributed by atoms with Gasteiger partial charge in [0.15, 0.2) is 11.3 Å². The molecule has 1 aliphatic carbocycles. The number of aromatic amines is 1. The lowest BCUT2D eigenvalue weighted by atomic mass is 10.0. The molecule has 0 spiro atoms. The largest absolute Gasteiger partial charge is 0.393 e. The second-order valence-electron chi connectivity index (χ2n) is 7.90. The molecule has 11 heteroatoms. The zero-order valence-corrected chi connectivity index (χ0v) is 17.8. The molecule has 1 fully saturated rings. The van der Waals surface area contributed by atoms with Crippen LogP contribution in [0.25, 0.3) is 16.7 Å². The van der Waals surface area contributed by atoms with Gasteiger partial charge >= 0.3 is 0 Å². The van der Waals surface area contributed by atoms with Crippen molar-refractivity contribution in [3.8, 4) is 0 Å². The van der Waals surface area contributed by atoms with Crippen molar-refractivity contribution in [3.63, 3.8) is 0 Å². The number of alkyl halides is 2. The summed E-state index contributed by atoms with van der Waals surface area (Å²) in [6.07, 6.45) is 3.64. The number of benzene rings is 1. The predicted octanol–water partition coefficient (Wildman–Crippen LogP) is 3.53. The van der Waals surface area contributed by atoms with Gasteiger partial charge in [-0.15, -0.1) is 0 Å². The van der Waals surface area contributed by atoms with Crippen LogP contribution in [0.5, 0.6) is 0 Å². The first-order chi connectivity index (χ1) is 15.8. The number of hydrogen-bond acceptors (Lipinski definition) is 6. The lowest BCUT2D eigenvalue weighted by Crippen LogP contribution is -2.24. The van der Waals surface area contributed by atoms with Crippen LogP contribution in [0.1, 0.15) is 52.6 Å². The summed E-state index contributed by atoms with van der Waals surface area (Å²) in [5.41, 5.74) is 1.97. The SMILES string of the molecule is CN/C=C(\C=N)c1cc(F)cc(CNC(=O)c2ncnc3nc(C4CCC(F)(F)C4)[nH]c23)c1. The number of fused-ring (bicyclic) bond motifs is 1. The monoisotopic (exact) mass is 457 g/mol. The molecular formula is C22H22F3N7O. The fraction of sp³-hybridized carbons (Fsp3) is 0.318. The van der Waals surface area contributed by atoms with Gasteiger partial charge < -0.3 is 21.0 Å². The molecule has 0 saturated heterocycles.